The van der Waals surface area contributed by atoms with Crippen LogP contribution in [0, 0.1) is 20.8 Å². The van der Waals surface area contributed by atoms with Gasteiger partial charge in [-0.25, -0.2) is 0 Å². The van der Waals surface area contributed by atoms with Crippen molar-refractivity contribution in [1.82, 2.24) is 14.8 Å². The summed E-state index contributed by atoms with van der Waals surface area (Å²) < 4.78 is 7.24. The van der Waals surface area contributed by atoms with Gasteiger partial charge < -0.3 is 4.74 Å². The van der Waals surface area contributed by atoms with Crippen molar-refractivity contribution in [1.29, 1.82) is 0 Å². The largest absolute Gasteiger partial charge is 0.495 e. The van der Waals surface area contributed by atoms with Crippen molar-refractivity contribution in [3.8, 4) is 11.4 Å². The van der Waals surface area contributed by atoms with E-state index in [1.807, 2.05) is 48.7 Å². The van der Waals surface area contributed by atoms with Crippen LogP contribution < -0.4 is 4.74 Å². The summed E-state index contributed by atoms with van der Waals surface area (Å²) in [6.07, 6.45) is 1.63. The predicted molar refractivity (Wildman–Crippen MR) is 104 cm³/mol. The number of Topliss-reactive ketones (excluding diaryl/α,β-unsaturated/α-hetero) is 1. The summed E-state index contributed by atoms with van der Waals surface area (Å²) in [6, 6.07) is 11.7. The molecule has 134 valence electrons. The molecule has 1 heterocycles. The maximum absolute atomic E-state index is 12.7. The van der Waals surface area contributed by atoms with Crippen molar-refractivity contribution in [3.05, 3.63) is 65.0 Å². The average Bonchev–Trinajstić information content (AvgIpc) is 3.11. The van der Waals surface area contributed by atoms with Gasteiger partial charge in [0.1, 0.15) is 12.1 Å². The van der Waals surface area contributed by atoms with E-state index < -0.39 is 0 Å². The molecule has 3 aromatic rings. The Hall–Kier alpha value is -2.60. The first-order chi connectivity index (χ1) is 12.5. The monoisotopic (exact) mass is 367 g/mol. The molecule has 26 heavy (non-hydrogen) atoms. The summed E-state index contributed by atoms with van der Waals surface area (Å²) in [6.45, 7) is 6.06. The van der Waals surface area contributed by atoms with E-state index in [9.17, 15) is 4.79 Å². The number of hydrogen-bond donors (Lipinski definition) is 0. The number of methoxy groups -OCH3 is 1. The van der Waals surface area contributed by atoms with E-state index in [1.165, 1.54) is 17.3 Å². The first kappa shape index (κ1) is 18.2. The molecule has 3 rings (SSSR count). The number of ketones is 1. The van der Waals surface area contributed by atoms with Crippen LogP contribution in [0.2, 0.25) is 0 Å². The fourth-order valence-corrected chi connectivity index (χ4v) is 3.59. The zero-order valence-corrected chi connectivity index (χ0v) is 16.1. The number of ether oxygens (including phenoxy) is 1. The number of hydrogen-bond acceptors (Lipinski definition) is 5. The molecular formula is C20H21N3O2S. The number of benzene rings is 2. The van der Waals surface area contributed by atoms with Gasteiger partial charge in [-0.3, -0.25) is 9.36 Å². The van der Waals surface area contributed by atoms with Crippen molar-refractivity contribution in [2.45, 2.75) is 25.9 Å². The summed E-state index contributed by atoms with van der Waals surface area (Å²) in [4.78, 5) is 12.7. The Labute approximate surface area is 157 Å². The zero-order chi connectivity index (χ0) is 18.7. The van der Waals surface area contributed by atoms with Gasteiger partial charge in [-0.05, 0) is 55.7 Å². The highest BCUT2D eigenvalue weighted by atomic mass is 32.2. The molecule has 0 amide bonds. The van der Waals surface area contributed by atoms with Gasteiger partial charge in [0.15, 0.2) is 10.9 Å². The normalized spacial score (nSPS) is 10.8. The molecule has 0 N–H and O–H groups in total. The number of aromatic nitrogens is 3. The van der Waals surface area contributed by atoms with Crippen LogP contribution in [-0.4, -0.2) is 33.4 Å². The highest BCUT2D eigenvalue weighted by Crippen LogP contribution is 2.27. The highest BCUT2D eigenvalue weighted by molar-refractivity contribution is 7.99. The first-order valence-electron chi connectivity index (χ1n) is 8.28. The highest BCUT2D eigenvalue weighted by Gasteiger charge is 2.15. The first-order valence-corrected chi connectivity index (χ1v) is 9.27. The third kappa shape index (κ3) is 3.65. The minimum Gasteiger partial charge on any atom is -0.495 e. The van der Waals surface area contributed by atoms with E-state index in [0.717, 1.165) is 28.1 Å². The van der Waals surface area contributed by atoms with Crippen LogP contribution >= 0.6 is 11.8 Å². The Bertz CT molecular complexity index is 950. The van der Waals surface area contributed by atoms with Gasteiger partial charge in [0.25, 0.3) is 0 Å². The van der Waals surface area contributed by atoms with Gasteiger partial charge >= 0.3 is 0 Å². The zero-order valence-electron chi connectivity index (χ0n) is 15.3. The molecule has 2 aromatic carbocycles. The van der Waals surface area contributed by atoms with Crippen LogP contribution in [-0.2, 0) is 0 Å². The standard InChI is InChI=1S/C20H21N3O2S/c1-13-9-15(3)16(10-14(13)2)18(24)11-26-20-22-21-12-23(20)17-7-5-6-8-19(17)25-4/h5-10,12H,11H2,1-4H3. The molecule has 1 aromatic heterocycles. The predicted octanol–water partition coefficient (Wildman–Crippen LogP) is 4.18. The molecule has 0 aliphatic heterocycles. The summed E-state index contributed by atoms with van der Waals surface area (Å²) in [5, 5.41) is 8.81. The van der Waals surface area contributed by atoms with Crippen molar-refractivity contribution < 1.29 is 9.53 Å². The Balaban J connectivity index is 1.81. The van der Waals surface area contributed by atoms with Gasteiger partial charge in [-0.1, -0.05) is 30.0 Å². The number of carbonyl (C=O) groups excluding carboxylic acids is 1. The number of aryl methyl sites for hydroxylation is 3. The Kier molecular flexibility index (Phi) is 5.42. The Morgan fingerprint density at radius 2 is 1.85 bits per heavy atom. The van der Waals surface area contributed by atoms with Crippen molar-refractivity contribution >= 4 is 17.5 Å². The van der Waals surface area contributed by atoms with E-state index in [1.54, 1.807) is 13.4 Å². The lowest BCUT2D eigenvalue weighted by Crippen LogP contribution is -2.07. The molecule has 0 aliphatic rings. The summed E-state index contributed by atoms with van der Waals surface area (Å²) >= 11 is 1.37. The van der Waals surface area contributed by atoms with Gasteiger partial charge in [0.2, 0.25) is 0 Å². The van der Waals surface area contributed by atoms with Crippen LogP contribution in [0.25, 0.3) is 5.69 Å². The van der Waals surface area contributed by atoms with Crippen molar-refractivity contribution in [3.63, 3.8) is 0 Å². The topological polar surface area (TPSA) is 57.0 Å². The molecule has 0 fully saturated rings. The van der Waals surface area contributed by atoms with Crippen molar-refractivity contribution in [2.75, 3.05) is 12.9 Å². The molecule has 0 unspecified atom stereocenters. The minimum absolute atomic E-state index is 0.0881. The fraction of sp³-hybridized carbons (Fsp3) is 0.250. The van der Waals surface area contributed by atoms with E-state index in [0.29, 0.717) is 10.9 Å². The lowest BCUT2D eigenvalue weighted by Gasteiger charge is -2.11. The second-order valence-corrected chi connectivity index (χ2v) is 7.06. The number of rotatable bonds is 6. The lowest BCUT2D eigenvalue weighted by molar-refractivity contribution is 0.102. The number of nitrogens with zero attached hydrogens (tertiary/aromatic N) is 3. The van der Waals surface area contributed by atoms with Gasteiger partial charge in [-0.15, -0.1) is 10.2 Å². The molecule has 0 spiro atoms. The smallest absolute Gasteiger partial charge is 0.196 e. The molecule has 0 radical (unpaired) electrons. The Morgan fingerprint density at radius 3 is 2.62 bits per heavy atom. The lowest BCUT2D eigenvalue weighted by atomic mass is 9.99. The molecule has 6 heteroatoms. The molecular weight excluding hydrogens is 346 g/mol. The second kappa shape index (κ2) is 7.74. The average molecular weight is 367 g/mol. The molecule has 0 saturated carbocycles. The van der Waals surface area contributed by atoms with Crippen LogP contribution in [0.5, 0.6) is 5.75 Å². The minimum atomic E-state index is 0.0881. The van der Waals surface area contributed by atoms with E-state index >= 15 is 0 Å². The van der Waals surface area contributed by atoms with Crippen molar-refractivity contribution in [2.24, 2.45) is 0 Å². The van der Waals surface area contributed by atoms with Crippen LogP contribution in [0.1, 0.15) is 27.0 Å². The van der Waals surface area contributed by atoms with Gasteiger partial charge in [0.05, 0.1) is 18.6 Å². The van der Waals surface area contributed by atoms with Gasteiger partial charge in [0, 0.05) is 5.56 Å². The second-order valence-electron chi connectivity index (χ2n) is 6.12. The maximum Gasteiger partial charge on any atom is 0.196 e. The van der Waals surface area contributed by atoms with E-state index in [4.69, 9.17) is 4.74 Å². The third-order valence-corrected chi connectivity index (χ3v) is 5.28. The maximum atomic E-state index is 12.7. The van der Waals surface area contributed by atoms with Crippen LogP contribution in [0.15, 0.2) is 47.9 Å². The summed E-state index contributed by atoms with van der Waals surface area (Å²) in [5.74, 6) is 1.12. The molecule has 0 aliphatic carbocycles. The molecule has 0 saturated heterocycles. The third-order valence-electron chi connectivity index (χ3n) is 4.33. The number of thioether (sulfide) groups is 1. The van der Waals surface area contributed by atoms with Crippen LogP contribution in [0.4, 0.5) is 0 Å². The van der Waals surface area contributed by atoms with E-state index in [2.05, 4.69) is 23.2 Å². The number of carbonyl (C=O) groups is 1. The molecule has 0 atom stereocenters. The van der Waals surface area contributed by atoms with Gasteiger partial charge in [-0.2, -0.15) is 0 Å². The van der Waals surface area contributed by atoms with Crippen LogP contribution in [0.3, 0.4) is 0 Å². The number of para-hydroxylation sites is 2. The Morgan fingerprint density at radius 1 is 1.12 bits per heavy atom. The molecule has 0 bridgehead atoms. The summed E-state index contributed by atoms with van der Waals surface area (Å²) in [7, 11) is 1.63. The summed E-state index contributed by atoms with van der Waals surface area (Å²) in [5.41, 5.74) is 4.94. The quantitative estimate of drug-likeness (QED) is 0.483. The fourth-order valence-electron chi connectivity index (χ4n) is 2.79. The SMILES string of the molecule is COc1ccccc1-n1cnnc1SCC(=O)c1cc(C)c(C)cc1C. The van der Waals surface area contributed by atoms with E-state index in [-0.39, 0.29) is 5.78 Å². The molecule has 5 nitrogen and oxygen atoms in total.